The number of nitrogens with one attached hydrogen (secondary N) is 1. The van der Waals surface area contributed by atoms with E-state index in [1.807, 2.05) is 13.8 Å². The maximum absolute atomic E-state index is 11.1. The van der Waals surface area contributed by atoms with Crippen LogP contribution in [0, 0.1) is 5.92 Å². The van der Waals surface area contributed by atoms with E-state index in [-0.39, 0.29) is 5.92 Å². The largest absolute Gasteiger partial charge is 0.480 e. The lowest BCUT2D eigenvalue weighted by atomic mass is 10.0. The minimum atomic E-state index is -1.11. The Morgan fingerprint density at radius 1 is 1.33 bits per heavy atom. The monoisotopic (exact) mass is 216 g/mol. The van der Waals surface area contributed by atoms with Gasteiger partial charge in [0.25, 0.3) is 0 Å². The van der Waals surface area contributed by atoms with Crippen LogP contribution in [0.5, 0.6) is 0 Å². The summed E-state index contributed by atoms with van der Waals surface area (Å²) in [6, 6.07) is -0.961. The van der Waals surface area contributed by atoms with Crippen molar-refractivity contribution in [3.8, 4) is 0 Å². The SMILES string of the molecule is CC(C)C[C@H](NC(=O)CC(N)=O)C(=O)O. The first-order valence-corrected chi connectivity index (χ1v) is 4.63. The Bertz CT molecular complexity index is 263. The van der Waals surface area contributed by atoms with Gasteiger partial charge in [0.15, 0.2) is 0 Å². The van der Waals surface area contributed by atoms with E-state index in [9.17, 15) is 14.4 Å². The molecule has 2 amide bonds. The van der Waals surface area contributed by atoms with Crippen molar-refractivity contribution in [1.29, 1.82) is 0 Å². The van der Waals surface area contributed by atoms with Crippen LogP contribution in [0.3, 0.4) is 0 Å². The van der Waals surface area contributed by atoms with Gasteiger partial charge in [-0.05, 0) is 12.3 Å². The first-order valence-electron chi connectivity index (χ1n) is 4.63. The van der Waals surface area contributed by atoms with E-state index in [0.29, 0.717) is 6.42 Å². The molecule has 0 aromatic heterocycles. The van der Waals surface area contributed by atoms with Gasteiger partial charge >= 0.3 is 5.97 Å². The zero-order valence-electron chi connectivity index (χ0n) is 8.82. The fourth-order valence-corrected chi connectivity index (χ4v) is 1.10. The highest BCUT2D eigenvalue weighted by Gasteiger charge is 2.21. The molecule has 0 radical (unpaired) electrons. The van der Waals surface area contributed by atoms with Crippen LogP contribution in [0.25, 0.3) is 0 Å². The van der Waals surface area contributed by atoms with Crippen molar-refractivity contribution >= 4 is 17.8 Å². The van der Waals surface area contributed by atoms with Gasteiger partial charge in [-0.3, -0.25) is 9.59 Å². The number of nitrogens with two attached hydrogens (primary N) is 1. The summed E-state index contributed by atoms with van der Waals surface area (Å²) in [4.78, 5) is 32.2. The van der Waals surface area contributed by atoms with Crippen LogP contribution < -0.4 is 11.1 Å². The van der Waals surface area contributed by atoms with E-state index in [4.69, 9.17) is 10.8 Å². The molecule has 0 heterocycles. The van der Waals surface area contributed by atoms with Crippen LogP contribution in [0.2, 0.25) is 0 Å². The number of hydrogen-bond acceptors (Lipinski definition) is 3. The van der Waals surface area contributed by atoms with Crippen LogP contribution >= 0.6 is 0 Å². The molecule has 0 unspecified atom stereocenters. The highest BCUT2D eigenvalue weighted by atomic mass is 16.4. The van der Waals surface area contributed by atoms with Crippen molar-refractivity contribution in [2.24, 2.45) is 11.7 Å². The van der Waals surface area contributed by atoms with E-state index in [1.165, 1.54) is 0 Å². The summed E-state index contributed by atoms with van der Waals surface area (Å²) in [6.45, 7) is 3.69. The van der Waals surface area contributed by atoms with E-state index >= 15 is 0 Å². The average molecular weight is 216 g/mol. The Labute approximate surface area is 87.8 Å². The molecule has 86 valence electrons. The summed E-state index contributed by atoms with van der Waals surface area (Å²) in [5, 5.41) is 11.0. The quantitative estimate of drug-likeness (QED) is 0.519. The summed E-state index contributed by atoms with van der Waals surface area (Å²) < 4.78 is 0. The Balaban J connectivity index is 4.22. The first-order chi connectivity index (χ1) is 6.82. The van der Waals surface area contributed by atoms with Gasteiger partial charge in [-0.15, -0.1) is 0 Å². The Kier molecular flexibility index (Phi) is 5.36. The van der Waals surface area contributed by atoms with Crippen LogP contribution in [-0.4, -0.2) is 28.9 Å². The smallest absolute Gasteiger partial charge is 0.326 e. The number of carbonyl (C=O) groups is 3. The average Bonchev–Trinajstić information content (AvgIpc) is 1.99. The van der Waals surface area contributed by atoms with E-state index < -0.39 is 30.2 Å². The van der Waals surface area contributed by atoms with Crippen LogP contribution in [0.4, 0.5) is 0 Å². The lowest BCUT2D eigenvalue weighted by Crippen LogP contribution is -2.42. The molecule has 6 nitrogen and oxygen atoms in total. The Hall–Kier alpha value is -1.59. The number of carbonyl (C=O) groups excluding carboxylic acids is 2. The predicted octanol–water partition coefficient (Wildman–Crippen LogP) is -0.523. The molecule has 0 spiro atoms. The van der Waals surface area contributed by atoms with E-state index in [0.717, 1.165) is 0 Å². The highest BCUT2D eigenvalue weighted by molar-refractivity contribution is 5.97. The lowest BCUT2D eigenvalue weighted by Gasteiger charge is -2.15. The summed E-state index contributed by atoms with van der Waals surface area (Å²) in [5.74, 6) is -2.40. The van der Waals surface area contributed by atoms with Crippen molar-refractivity contribution in [2.45, 2.75) is 32.7 Å². The second-order valence-electron chi connectivity index (χ2n) is 3.73. The molecule has 0 aliphatic carbocycles. The third-order valence-electron chi connectivity index (χ3n) is 1.68. The summed E-state index contributed by atoms with van der Waals surface area (Å²) in [6.07, 6.45) is -0.165. The topological polar surface area (TPSA) is 109 Å². The second kappa shape index (κ2) is 6.00. The Morgan fingerprint density at radius 2 is 1.87 bits per heavy atom. The molecule has 0 aliphatic heterocycles. The van der Waals surface area contributed by atoms with Gasteiger partial charge in [0.2, 0.25) is 11.8 Å². The van der Waals surface area contributed by atoms with Gasteiger partial charge in [0.1, 0.15) is 12.5 Å². The van der Waals surface area contributed by atoms with Crippen LogP contribution in [0.1, 0.15) is 26.7 Å². The molecule has 6 heteroatoms. The molecule has 0 rings (SSSR count). The van der Waals surface area contributed by atoms with Crippen LogP contribution in [0.15, 0.2) is 0 Å². The molecular formula is C9H16N2O4. The standard InChI is InChI=1S/C9H16N2O4/c1-5(2)3-6(9(14)15)11-8(13)4-7(10)12/h5-6H,3-4H2,1-2H3,(H2,10,12)(H,11,13)(H,14,15)/t6-/m0/s1. The first kappa shape index (κ1) is 13.4. The van der Waals surface area contributed by atoms with Crippen molar-refractivity contribution in [3.63, 3.8) is 0 Å². The van der Waals surface area contributed by atoms with Gasteiger partial charge in [0, 0.05) is 0 Å². The Morgan fingerprint density at radius 3 is 2.20 bits per heavy atom. The number of amides is 2. The number of carboxylic acid groups (broad SMARTS) is 1. The molecule has 0 bridgehead atoms. The molecule has 0 saturated carbocycles. The van der Waals surface area contributed by atoms with Crippen molar-refractivity contribution < 1.29 is 19.5 Å². The number of primary amides is 1. The minimum Gasteiger partial charge on any atom is -0.480 e. The fourth-order valence-electron chi connectivity index (χ4n) is 1.10. The maximum Gasteiger partial charge on any atom is 0.326 e. The number of hydrogen-bond donors (Lipinski definition) is 3. The van der Waals surface area contributed by atoms with Gasteiger partial charge in [-0.1, -0.05) is 13.8 Å². The summed E-state index contributed by atoms with van der Waals surface area (Å²) in [7, 11) is 0. The van der Waals surface area contributed by atoms with Crippen molar-refractivity contribution in [1.82, 2.24) is 5.32 Å². The zero-order valence-corrected chi connectivity index (χ0v) is 8.82. The third-order valence-corrected chi connectivity index (χ3v) is 1.68. The molecule has 15 heavy (non-hydrogen) atoms. The molecule has 0 aromatic rings. The molecule has 0 aliphatic rings. The number of rotatable bonds is 6. The van der Waals surface area contributed by atoms with Gasteiger partial charge in [-0.25, -0.2) is 4.79 Å². The lowest BCUT2D eigenvalue weighted by molar-refractivity contribution is -0.142. The van der Waals surface area contributed by atoms with Crippen molar-refractivity contribution in [3.05, 3.63) is 0 Å². The zero-order chi connectivity index (χ0) is 12.0. The summed E-state index contributed by atoms with van der Waals surface area (Å²) in [5.41, 5.74) is 4.80. The normalized spacial score (nSPS) is 12.2. The number of aliphatic carboxylic acids is 1. The molecule has 0 fully saturated rings. The molecule has 4 N–H and O–H groups in total. The van der Waals surface area contributed by atoms with Crippen LogP contribution in [-0.2, 0) is 14.4 Å². The predicted molar refractivity (Wildman–Crippen MR) is 52.8 cm³/mol. The van der Waals surface area contributed by atoms with E-state index in [1.54, 1.807) is 0 Å². The number of carboxylic acids is 1. The molecule has 0 aromatic carbocycles. The molecule has 1 atom stereocenters. The molecular weight excluding hydrogens is 200 g/mol. The van der Waals surface area contributed by atoms with Gasteiger partial charge in [-0.2, -0.15) is 0 Å². The second-order valence-corrected chi connectivity index (χ2v) is 3.73. The summed E-state index contributed by atoms with van der Waals surface area (Å²) >= 11 is 0. The van der Waals surface area contributed by atoms with E-state index in [2.05, 4.69) is 5.32 Å². The van der Waals surface area contributed by atoms with Gasteiger partial charge < -0.3 is 16.2 Å². The maximum atomic E-state index is 11.1. The highest BCUT2D eigenvalue weighted by Crippen LogP contribution is 2.04. The van der Waals surface area contributed by atoms with Crippen molar-refractivity contribution in [2.75, 3.05) is 0 Å². The molecule has 0 saturated heterocycles. The minimum absolute atomic E-state index is 0.139. The fraction of sp³-hybridized carbons (Fsp3) is 0.667. The van der Waals surface area contributed by atoms with Gasteiger partial charge in [0.05, 0.1) is 0 Å². The third kappa shape index (κ3) is 6.48.